The van der Waals surface area contributed by atoms with Crippen LogP contribution < -0.4 is 0 Å². The van der Waals surface area contributed by atoms with Crippen molar-refractivity contribution < 1.29 is 19.4 Å². The van der Waals surface area contributed by atoms with Crippen LogP contribution in [0.5, 0.6) is 0 Å². The van der Waals surface area contributed by atoms with Gasteiger partial charge in [0.1, 0.15) is 6.10 Å². The number of carboxylic acids is 1. The zero-order valence-corrected chi connectivity index (χ0v) is 18.0. The van der Waals surface area contributed by atoms with Gasteiger partial charge in [0.15, 0.2) is 0 Å². The minimum Gasteiger partial charge on any atom is -0.481 e. The molecule has 4 nitrogen and oxygen atoms in total. The van der Waals surface area contributed by atoms with Crippen LogP contribution in [0.1, 0.15) is 129 Å². The Morgan fingerprint density at radius 2 is 1.15 bits per heavy atom. The van der Waals surface area contributed by atoms with Crippen LogP contribution in [0.25, 0.3) is 0 Å². The number of carboxylic acid groups (broad SMARTS) is 1. The summed E-state index contributed by atoms with van der Waals surface area (Å²) in [5.74, 6) is -1.12. The monoisotopic (exact) mass is 384 g/mol. The summed E-state index contributed by atoms with van der Waals surface area (Å²) in [6, 6.07) is 0. The second kappa shape index (κ2) is 19.7. The molecule has 0 radical (unpaired) electrons. The van der Waals surface area contributed by atoms with Gasteiger partial charge in [0.25, 0.3) is 0 Å². The predicted octanol–water partition coefficient (Wildman–Crippen LogP) is 7.04. The fourth-order valence-electron chi connectivity index (χ4n) is 3.37. The van der Waals surface area contributed by atoms with Gasteiger partial charge in [-0.25, -0.2) is 0 Å². The Kier molecular flexibility index (Phi) is 18.9. The van der Waals surface area contributed by atoms with Crippen LogP contribution in [0.3, 0.4) is 0 Å². The first-order valence-electron chi connectivity index (χ1n) is 11.5. The lowest BCUT2D eigenvalue weighted by Gasteiger charge is -2.16. The zero-order chi connectivity index (χ0) is 20.2. The van der Waals surface area contributed by atoms with Gasteiger partial charge in [-0.05, 0) is 19.3 Å². The van der Waals surface area contributed by atoms with Crippen molar-refractivity contribution in [3.8, 4) is 0 Å². The number of carbonyl (C=O) groups excluding carboxylic acids is 1. The summed E-state index contributed by atoms with van der Waals surface area (Å²) in [5, 5.41) is 8.99. The topological polar surface area (TPSA) is 63.6 Å². The minimum atomic E-state index is -0.891. The molecule has 27 heavy (non-hydrogen) atoms. The minimum absolute atomic E-state index is 0.0733. The average molecular weight is 385 g/mol. The second-order valence-corrected chi connectivity index (χ2v) is 7.84. The number of rotatable bonds is 20. The third kappa shape index (κ3) is 19.5. The molecule has 4 heteroatoms. The smallest absolute Gasteiger partial charge is 0.307 e. The molecule has 0 heterocycles. The summed E-state index contributed by atoms with van der Waals surface area (Å²) < 4.78 is 5.41. The number of ether oxygens (including phenoxy) is 1. The van der Waals surface area contributed by atoms with E-state index in [1.165, 1.54) is 57.8 Å². The Labute approximate surface area is 167 Å². The van der Waals surface area contributed by atoms with E-state index in [0.717, 1.165) is 38.5 Å². The fourth-order valence-corrected chi connectivity index (χ4v) is 3.37. The highest BCUT2D eigenvalue weighted by molar-refractivity contribution is 5.71. The molecule has 0 fully saturated rings. The van der Waals surface area contributed by atoms with Gasteiger partial charge in [0.05, 0.1) is 6.42 Å². The maximum Gasteiger partial charge on any atom is 0.307 e. The summed E-state index contributed by atoms with van der Waals surface area (Å²) >= 11 is 0. The summed E-state index contributed by atoms with van der Waals surface area (Å²) in [6.45, 7) is 4.39. The van der Waals surface area contributed by atoms with Gasteiger partial charge in [0.2, 0.25) is 0 Å². The van der Waals surface area contributed by atoms with Crippen LogP contribution >= 0.6 is 0 Å². The van der Waals surface area contributed by atoms with Gasteiger partial charge in [0, 0.05) is 6.42 Å². The van der Waals surface area contributed by atoms with Crippen molar-refractivity contribution in [1.82, 2.24) is 0 Å². The largest absolute Gasteiger partial charge is 0.481 e. The molecule has 0 amide bonds. The van der Waals surface area contributed by atoms with E-state index in [0.29, 0.717) is 12.8 Å². The number of carbonyl (C=O) groups is 2. The Morgan fingerprint density at radius 1 is 0.704 bits per heavy atom. The molecule has 0 spiro atoms. The van der Waals surface area contributed by atoms with E-state index in [2.05, 4.69) is 13.8 Å². The molecule has 1 N–H and O–H groups in total. The Morgan fingerprint density at radius 3 is 1.63 bits per heavy atom. The molecule has 0 aromatic heterocycles. The summed E-state index contributed by atoms with van der Waals surface area (Å²) in [5.41, 5.74) is 0. The number of hydrogen-bond acceptors (Lipinski definition) is 3. The van der Waals surface area contributed by atoms with E-state index in [1.54, 1.807) is 0 Å². The van der Waals surface area contributed by atoms with E-state index < -0.39 is 12.1 Å². The molecule has 0 bridgehead atoms. The average Bonchev–Trinajstić information content (AvgIpc) is 2.62. The third-order valence-corrected chi connectivity index (χ3v) is 5.06. The van der Waals surface area contributed by atoms with Gasteiger partial charge in [-0.3, -0.25) is 9.59 Å². The number of esters is 1. The highest BCUT2D eigenvalue weighted by Gasteiger charge is 2.17. The lowest BCUT2D eigenvalue weighted by molar-refractivity contribution is -0.153. The highest BCUT2D eigenvalue weighted by atomic mass is 16.5. The van der Waals surface area contributed by atoms with Crippen LogP contribution in [0.4, 0.5) is 0 Å². The molecule has 0 aromatic carbocycles. The molecule has 0 aliphatic heterocycles. The van der Waals surface area contributed by atoms with E-state index in [-0.39, 0.29) is 12.4 Å². The standard InChI is InChI=1S/C23H44O4/c1-3-5-7-9-10-11-12-13-14-15-17-19-23(26)27-21(20-22(24)25)18-16-8-6-4-2/h21H,3-20H2,1-2H3,(H,24,25). The number of hydrogen-bond donors (Lipinski definition) is 1. The lowest BCUT2D eigenvalue weighted by atomic mass is 10.1. The lowest BCUT2D eigenvalue weighted by Crippen LogP contribution is -2.21. The van der Waals surface area contributed by atoms with Gasteiger partial charge in [-0.15, -0.1) is 0 Å². The first-order valence-corrected chi connectivity index (χ1v) is 11.5. The summed E-state index contributed by atoms with van der Waals surface area (Å²) in [6.07, 6.45) is 18.6. The molecule has 1 unspecified atom stereocenters. The Bertz CT molecular complexity index is 354. The van der Waals surface area contributed by atoms with Crippen molar-refractivity contribution in [2.75, 3.05) is 0 Å². The highest BCUT2D eigenvalue weighted by Crippen LogP contribution is 2.15. The van der Waals surface area contributed by atoms with Crippen molar-refractivity contribution in [2.24, 2.45) is 0 Å². The van der Waals surface area contributed by atoms with Gasteiger partial charge >= 0.3 is 11.9 Å². The van der Waals surface area contributed by atoms with Gasteiger partial charge in [-0.2, -0.15) is 0 Å². The fraction of sp³-hybridized carbons (Fsp3) is 0.913. The van der Waals surface area contributed by atoms with E-state index in [9.17, 15) is 9.59 Å². The maximum absolute atomic E-state index is 12.0. The van der Waals surface area contributed by atoms with Crippen LogP contribution in [0.15, 0.2) is 0 Å². The van der Waals surface area contributed by atoms with Crippen molar-refractivity contribution >= 4 is 11.9 Å². The van der Waals surface area contributed by atoms with Crippen molar-refractivity contribution in [1.29, 1.82) is 0 Å². The number of aliphatic carboxylic acids is 1. The molecule has 0 saturated heterocycles. The zero-order valence-electron chi connectivity index (χ0n) is 18.0. The first-order chi connectivity index (χ1) is 13.1. The van der Waals surface area contributed by atoms with E-state index in [1.807, 2.05) is 0 Å². The van der Waals surface area contributed by atoms with E-state index in [4.69, 9.17) is 9.84 Å². The van der Waals surface area contributed by atoms with Gasteiger partial charge in [-0.1, -0.05) is 97.3 Å². The van der Waals surface area contributed by atoms with E-state index >= 15 is 0 Å². The summed E-state index contributed by atoms with van der Waals surface area (Å²) in [7, 11) is 0. The molecule has 0 aliphatic rings. The molecule has 0 aromatic rings. The second-order valence-electron chi connectivity index (χ2n) is 7.84. The normalized spacial score (nSPS) is 12.1. The predicted molar refractivity (Wildman–Crippen MR) is 112 cm³/mol. The SMILES string of the molecule is CCCCCCCCCCCCCC(=O)OC(CCCCCC)CC(=O)O. The molecule has 160 valence electrons. The van der Waals surface area contributed by atoms with Crippen molar-refractivity contribution in [3.63, 3.8) is 0 Å². The molecule has 0 saturated carbocycles. The van der Waals surface area contributed by atoms with Crippen LogP contribution in [0.2, 0.25) is 0 Å². The molecule has 1 atom stereocenters. The Balaban J connectivity index is 3.65. The van der Waals surface area contributed by atoms with Crippen molar-refractivity contribution in [2.45, 2.75) is 136 Å². The van der Waals surface area contributed by atoms with Crippen LogP contribution in [-0.2, 0) is 14.3 Å². The maximum atomic E-state index is 12.0. The molecular formula is C23H44O4. The third-order valence-electron chi connectivity index (χ3n) is 5.06. The molecular weight excluding hydrogens is 340 g/mol. The Hall–Kier alpha value is -1.06. The summed E-state index contributed by atoms with van der Waals surface area (Å²) in [4.78, 5) is 22.9. The van der Waals surface area contributed by atoms with Crippen molar-refractivity contribution in [3.05, 3.63) is 0 Å². The molecule has 0 rings (SSSR count). The quantitative estimate of drug-likeness (QED) is 0.180. The van der Waals surface area contributed by atoms with Crippen LogP contribution in [0, 0.1) is 0 Å². The molecule has 0 aliphatic carbocycles. The first kappa shape index (κ1) is 25.9. The van der Waals surface area contributed by atoms with Gasteiger partial charge < -0.3 is 9.84 Å². The van der Waals surface area contributed by atoms with Crippen LogP contribution in [-0.4, -0.2) is 23.1 Å². The number of unbranched alkanes of at least 4 members (excludes halogenated alkanes) is 13.